The summed E-state index contributed by atoms with van der Waals surface area (Å²) in [4.78, 5) is 0. The van der Waals surface area contributed by atoms with Crippen molar-refractivity contribution in [3.05, 3.63) is 28.8 Å². The lowest BCUT2D eigenvalue weighted by Gasteiger charge is -2.18. The van der Waals surface area contributed by atoms with Gasteiger partial charge in [0.05, 0.1) is 22.3 Å². The van der Waals surface area contributed by atoms with Gasteiger partial charge in [-0.15, -0.1) is 0 Å². The third-order valence-electron chi connectivity index (χ3n) is 2.59. The number of halogens is 1. The molecule has 0 spiro atoms. The summed E-state index contributed by atoms with van der Waals surface area (Å²) in [7, 11) is 0. The van der Waals surface area contributed by atoms with Crippen LogP contribution in [0.5, 0.6) is 0 Å². The Kier molecular flexibility index (Phi) is 5.14. The summed E-state index contributed by atoms with van der Waals surface area (Å²) < 4.78 is 0. The Bertz CT molecular complexity index is 382. The Morgan fingerprint density at radius 1 is 1.44 bits per heavy atom. The molecule has 2 nitrogen and oxygen atoms in total. The van der Waals surface area contributed by atoms with E-state index in [0.29, 0.717) is 16.6 Å². The van der Waals surface area contributed by atoms with Gasteiger partial charge in [-0.3, -0.25) is 0 Å². The smallest absolute Gasteiger partial charge is 0.0992 e. The van der Waals surface area contributed by atoms with E-state index in [2.05, 4.69) is 25.2 Å². The van der Waals surface area contributed by atoms with Crippen molar-refractivity contribution in [2.45, 2.75) is 39.2 Å². The van der Waals surface area contributed by atoms with Crippen molar-refractivity contribution < 1.29 is 0 Å². The average molecular weight is 237 g/mol. The van der Waals surface area contributed by atoms with Crippen LogP contribution in [0, 0.1) is 11.3 Å². The van der Waals surface area contributed by atoms with Crippen LogP contribution in [-0.2, 0) is 0 Å². The molecule has 0 aliphatic rings. The first-order valence-corrected chi connectivity index (χ1v) is 6.05. The molecular weight excluding hydrogens is 220 g/mol. The van der Waals surface area contributed by atoms with Crippen LogP contribution in [0.1, 0.15) is 38.7 Å². The van der Waals surface area contributed by atoms with Crippen molar-refractivity contribution >= 4 is 17.3 Å². The number of nitrogens with zero attached hydrogens (tertiary/aromatic N) is 1. The fourth-order valence-corrected chi connectivity index (χ4v) is 1.88. The zero-order valence-corrected chi connectivity index (χ0v) is 10.5. The minimum atomic E-state index is 0.454. The Morgan fingerprint density at radius 3 is 2.69 bits per heavy atom. The van der Waals surface area contributed by atoms with E-state index < -0.39 is 0 Å². The van der Waals surface area contributed by atoms with Crippen LogP contribution < -0.4 is 5.32 Å². The molecule has 0 radical (unpaired) electrons. The van der Waals surface area contributed by atoms with E-state index in [4.69, 9.17) is 16.9 Å². The Labute approximate surface area is 102 Å². The second-order valence-corrected chi connectivity index (χ2v) is 4.25. The standard InChI is InChI=1S/C13H17ClN2/c1-3-5-11(4-2)16-13-7-6-10(9-15)8-12(13)14/h6-8,11,16H,3-5H2,1-2H3. The van der Waals surface area contributed by atoms with Crippen molar-refractivity contribution in [1.29, 1.82) is 5.26 Å². The number of rotatable bonds is 5. The Hall–Kier alpha value is -1.20. The highest BCUT2D eigenvalue weighted by Gasteiger charge is 2.07. The van der Waals surface area contributed by atoms with E-state index >= 15 is 0 Å². The van der Waals surface area contributed by atoms with Gasteiger partial charge in [0.25, 0.3) is 0 Å². The highest BCUT2D eigenvalue weighted by molar-refractivity contribution is 6.33. The predicted octanol–water partition coefficient (Wildman–Crippen LogP) is 4.20. The molecule has 1 unspecified atom stereocenters. The van der Waals surface area contributed by atoms with Crippen molar-refractivity contribution in [1.82, 2.24) is 0 Å². The van der Waals surface area contributed by atoms with Gasteiger partial charge >= 0.3 is 0 Å². The van der Waals surface area contributed by atoms with Crippen molar-refractivity contribution in [3.63, 3.8) is 0 Å². The summed E-state index contributed by atoms with van der Waals surface area (Å²) in [5.74, 6) is 0. The summed E-state index contributed by atoms with van der Waals surface area (Å²) in [6.07, 6.45) is 3.36. The summed E-state index contributed by atoms with van der Waals surface area (Å²) in [6.45, 7) is 4.33. The van der Waals surface area contributed by atoms with Gasteiger partial charge in [-0.2, -0.15) is 5.26 Å². The number of nitriles is 1. The number of anilines is 1. The molecule has 1 rings (SSSR count). The van der Waals surface area contributed by atoms with E-state index in [-0.39, 0.29) is 0 Å². The first-order valence-electron chi connectivity index (χ1n) is 5.67. The van der Waals surface area contributed by atoms with E-state index in [0.717, 1.165) is 24.9 Å². The van der Waals surface area contributed by atoms with Gasteiger partial charge in [0, 0.05) is 6.04 Å². The Morgan fingerprint density at radius 2 is 2.19 bits per heavy atom. The quantitative estimate of drug-likeness (QED) is 0.832. The predicted molar refractivity (Wildman–Crippen MR) is 68.8 cm³/mol. The van der Waals surface area contributed by atoms with Crippen LogP contribution in [0.3, 0.4) is 0 Å². The van der Waals surface area contributed by atoms with Gasteiger partial charge < -0.3 is 5.32 Å². The van der Waals surface area contributed by atoms with E-state index in [1.807, 2.05) is 6.07 Å². The fraction of sp³-hybridized carbons (Fsp3) is 0.462. The van der Waals surface area contributed by atoms with Gasteiger partial charge in [-0.25, -0.2) is 0 Å². The largest absolute Gasteiger partial charge is 0.381 e. The summed E-state index contributed by atoms with van der Waals surface area (Å²) in [5, 5.41) is 12.8. The summed E-state index contributed by atoms with van der Waals surface area (Å²) in [5.41, 5.74) is 1.51. The molecule has 86 valence electrons. The van der Waals surface area contributed by atoms with Crippen LogP contribution in [0.15, 0.2) is 18.2 Å². The second-order valence-electron chi connectivity index (χ2n) is 3.84. The average Bonchev–Trinajstić information content (AvgIpc) is 2.30. The number of hydrogen-bond acceptors (Lipinski definition) is 2. The van der Waals surface area contributed by atoms with Crippen molar-refractivity contribution in [3.8, 4) is 6.07 Å². The fourth-order valence-electron chi connectivity index (χ4n) is 1.65. The van der Waals surface area contributed by atoms with Crippen LogP contribution >= 0.6 is 11.6 Å². The lowest BCUT2D eigenvalue weighted by molar-refractivity contribution is 0.623. The number of nitrogens with one attached hydrogen (secondary N) is 1. The molecule has 1 atom stereocenters. The maximum absolute atomic E-state index is 8.74. The molecule has 16 heavy (non-hydrogen) atoms. The molecule has 0 aromatic heterocycles. The van der Waals surface area contributed by atoms with E-state index in [1.54, 1.807) is 12.1 Å². The van der Waals surface area contributed by atoms with Gasteiger partial charge in [0.2, 0.25) is 0 Å². The Balaban J connectivity index is 2.77. The maximum Gasteiger partial charge on any atom is 0.0992 e. The first-order chi connectivity index (χ1) is 7.71. The van der Waals surface area contributed by atoms with Gasteiger partial charge in [0.15, 0.2) is 0 Å². The third kappa shape index (κ3) is 3.43. The molecule has 1 N–H and O–H groups in total. The molecule has 0 amide bonds. The molecule has 3 heteroatoms. The van der Waals surface area contributed by atoms with E-state index in [1.165, 1.54) is 0 Å². The molecule has 0 bridgehead atoms. The molecule has 0 aliphatic carbocycles. The van der Waals surface area contributed by atoms with Gasteiger partial charge in [-0.05, 0) is 31.0 Å². The van der Waals surface area contributed by atoms with Gasteiger partial charge in [0.1, 0.15) is 0 Å². The van der Waals surface area contributed by atoms with Crippen molar-refractivity contribution in [2.75, 3.05) is 5.32 Å². The molecule has 1 aromatic rings. The number of hydrogen-bond donors (Lipinski definition) is 1. The highest BCUT2D eigenvalue weighted by atomic mass is 35.5. The monoisotopic (exact) mass is 236 g/mol. The minimum Gasteiger partial charge on any atom is -0.381 e. The zero-order chi connectivity index (χ0) is 12.0. The topological polar surface area (TPSA) is 35.8 Å². The van der Waals surface area contributed by atoms with E-state index in [9.17, 15) is 0 Å². The zero-order valence-electron chi connectivity index (χ0n) is 9.76. The molecule has 0 aliphatic heterocycles. The van der Waals surface area contributed by atoms with Crippen LogP contribution in [0.2, 0.25) is 5.02 Å². The lowest BCUT2D eigenvalue weighted by atomic mass is 10.1. The maximum atomic E-state index is 8.74. The molecule has 1 aromatic carbocycles. The lowest BCUT2D eigenvalue weighted by Crippen LogP contribution is -2.18. The first kappa shape index (κ1) is 12.9. The van der Waals surface area contributed by atoms with Crippen LogP contribution in [-0.4, -0.2) is 6.04 Å². The summed E-state index contributed by atoms with van der Waals surface area (Å²) >= 11 is 6.10. The molecular formula is C13H17ClN2. The van der Waals surface area contributed by atoms with Crippen molar-refractivity contribution in [2.24, 2.45) is 0 Å². The van der Waals surface area contributed by atoms with Crippen LogP contribution in [0.4, 0.5) is 5.69 Å². The second kappa shape index (κ2) is 6.40. The summed E-state index contributed by atoms with van der Waals surface area (Å²) in [6, 6.07) is 7.89. The highest BCUT2D eigenvalue weighted by Crippen LogP contribution is 2.24. The third-order valence-corrected chi connectivity index (χ3v) is 2.90. The molecule has 0 heterocycles. The number of benzene rings is 1. The normalized spacial score (nSPS) is 11.9. The minimum absolute atomic E-state index is 0.454. The van der Waals surface area contributed by atoms with Crippen LogP contribution in [0.25, 0.3) is 0 Å². The molecule has 0 saturated carbocycles. The van der Waals surface area contributed by atoms with Gasteiger partial charge in [-0.1, -0.05) is 31.9 Å². The SMILES string of the molecule is CCCC(CC)Nc1ccc(C#N)cc1Cl. The molecule has 0 fully saturated rings. The molecule has 0 saturated heterocycles.